The Balaban J connectivity index is 1.63. The second-order valence-corrected chi connectivity index (χ2v) is 7.51. The Bertz CT molecular complexity index is 815. The van der Waals surface area contributed by atoms with Gasteiger partial charge >= 0.3 is 0 Å². The van der Waals surface area contributed by atoms with Gasteiger partial charge in [0.15, 0.2) is 0 Å². The van der Waals surface area contributed by atoms with E-state index in [0.29, 0.717) is 13.2 Å². The van der Waals surface area contributed by atoms with Gasteiger partial charge in [-0.25, -0.2) is 0 Å². The molecule has 29 heavy (non-hydrogen) atoms. The molecule has 1 aliphatic rings. The molecule has 1 saturated heterocycles. The third-order valence-corrected chi connectivity index (χ3v) is 5.40. The van der Waals surface area contributed by atoms with E-state index in [4.69, 9.17) is 4.74 Å². The Morgan fingerprint density at radius 3 is 1.79 bits per heavy atom. The van der Waals surface area contributed by atoms with Gasteiger partial charge in [0, 0.05) is 31.0 Å². The van der Waals surface area contributed by atoms with Gasteiger partial charge in [-0.3, -0.25) is 0 Å². The molecular weight excluding hydrogens is 356 g/mol. The van der Waals surface area contributed by atoms with Gasteiger partial charge in [-0.1, -0.05) is 36.4 Å². The quantitative estimate of drug-likeness (QED) is 0.605. The van der Waals surface area contributed by atoms with E-state index < -0.39 is 0 Å². The highest BCUT2D eigenvalue weighted by Crippen LogP contribution is 2.23. The van der Waals surface area contributed by atoms with Crippen LogP contribution in [0.25, 0.3) is 12.2 Å². The molecule has 2 aromatic rings. The molecule has 3 heteroatoms. The van der Waals surface area contributed by atoms with E-state index in [1.807, 2.05) is 0 Å². The monoisotopic (exact) mass is 390 g/mol. The van der Waals surface area contributed by atoms with Crippen LogP contribution in [0.15, 0.2) is 59.7 Å². The molecule has 2 aromatic carbocycles. The van der Waals surface area contributed by atoms with Crippen molar-refractivity contribution in [1.29, 1.82) is 0 Å². The van der Waals surface area contributed by atoms with E-state index in [-0.39, 0.29) is 0 Å². The van der Waals surface area contributed by atoms with E-state index in [1.54, 1.807) is 0 Å². The van der Waals surface area contributed by atoms with Crippen LogP contribution in [0.4, 0.5) is 11.4 Å². The lowest BCUT2D eigenvalue weighted by Gasteiger charge is -2.20. The maximum atomic E-state index is 5.97. The number of hydrogen-bond acceptors (Lipinski definition) is 3. The molecule has 0 aromatic heterocycles. The van der Waals surface area contributed by atoms with Gasteiger partial charge in [0.2, 0.25) is 0 Å². The first-order chi connectivity index (χ1) is 14.2. The summed E-state index contributed by atoms with van der Waals surface area (Å²) in [6, 6.07) is 17.5. The van der Waals surface area contributed by atoms with Crippen LogP contribution in [-0.2, 0) is 4.74 Å². The van der Waals surface area contributed by atoms with E-state index in [1.165, 1.54) is 33.6 Å². The number of anilines is 2. The molecule has 1 N–H and O–H groups in total. The van der Waals surface area contributed by atoms with Gasteiger partial charge in [0.25, 0.3) is 0 Å². The summed E-state index contributed by atoms with van der Waals surface area (Å²) < 4.78 is 5.97. The largest absolute Gasteiger partial charge is 0.385 e. The number of nitrogens with one attached hydrogen (secondary N) is 1. The van der Waals surface area contributed by atoms with E-state index in [0.717, 1.165) is 32.5 Å². The molecule has 0 unspecified atom stereocenters. The van der Waals surface area contributed by atoms with Crippen LogP contribution in [-0.4, -0.2) is 32.8 Å². The molecule has 3 rings (SSSR count). The maximum Gasteiger partial charge on any atom is 0.0684 e. The van der Waals surface area contributed by atoms with Crippen molar-refractivity contribution in [3.05, 3.63) is 70.8 Å². The summed E-state index contributed by atoms with van der Waals surface area (Å²) >= 11 is 0. The van der Waals surface area contributed by atoms with E-state index in [9.17, 15) is 0 Å². The lowest BCUT2D eigenvalue weighted by molar-refractivity contribution is 0.186. The average molecular weight is 391 g/mol. The molecule has 0 saturated carbocycles. The van der Waals surface area contributed by atoms with Gasteiger partial charge in [0.1, 0.15) is 0 Å². The first-order valence-electron chi connectivity index (χ1n) is 10.9. The number of ether oxygens (including phenoxy) is 1. The van der Waals surface area contributed by atoms with Crippen molar-refractivity contribution in [2.45, 2.75) is 33.6 Å². The Morgan fingerprint density at radius 2 is 1.31 bits per heavy atom. The molecule has 0 bridgehead atoms. The first-order valence-corrected chi connectivity index (χ1v) is 10.9. The lowest BCUT2D eigenvalue weighted by atomic mass is 10.0. The van der Waals surface area contributed by atoms with Gasteiger partial charge in [0.05, 0.1) is 13.2 Å². The molecule has 0 amide bonds. The minimum atomic E-state index is 0.715. The molecule has 1 fully saturated rings. The second kappa shape index (κ2) is 10.9. The average Bonchev–Trinajstić information content (AvgIpc) is 2.97. The van der Waals surface area contributed by atoms with Crippen LogP contribution in [0.3, 0.4) is 0 Å². The highest BCUT2D eigenvalue weighted by atomic mass is 16.5. The van der Waals surface area contributed by atoms with Crippen LogP contribution in [0.2, 0.25) is 0 Å². The highest BCUT2D eigenvalue weighted by Gasteiger charge is 2.09. The fourth-order valence-corrected chi connectivity index (χ4v) is 3.75. The molecule has 0 radical (unpaired) electrons. The lowest BCUT2D eigenvalue weighted by Crippen LogP contribution is -2.21. The molecule has 3 nitrogen and oxygen atoms in total. The molecule has 0 aliphatic carbocycles. The summed E-state index contributed by atoms with van der Waals surface area (Å²) in [4.78, 5) is 2.37. The van der Waals surface area contributed by atoms with Crippen LogP contribution >= 0.6 is 0 Å². The third-order valence-electron chi connectivity index (χ3n) is 5.40. The van der Waals surface area contributed by atoms with Gasteiger partial charge in [-0.05, 0) is 80.2 Å². The summed E-state index contributed by atoms with van der Waals surface area (Å²) in [5, 5.41) is 3.34. The molecule has 1 heterocycles. The molecule has 0 atom stereocenters. The topological polar surface area (TPSA) is 24.5 Å². The predicted molar refractivity (Wildman–Crippen MR) is 127 cm³/mol. The number of rotatable bonds is 7. The normalized spacial score (nSPS) is 17.3. The van der Waals surface area contributed by atoms with Crippen molar-refractivity contribution < 1.29 is 4.74 Å². The molecule has 0 spiro atoms. The van der Waals surface area contributed by atoms with Crippen LogP contribution in [0.1, 0.15) is 44.7 Å². The summed E-state index contributed by atoms with van der Waals surface area (Å²) in [6.07, 6.45) is 6.68. The zero-order chi connectivity index (χ0) is 20.5. The summed E-state index contributed by atoms with van der Waals surface area (Å²) in [7, 11) is 0. The summed E-state index contributed by atoms with van der Waals surface area (Å²) in [5.41, 5.74) is 7.69. The van der Waals surface area contributed by atoms with Gasteiger partial charge in [-0.15, -0.1) is 0 Å². The Labute approximate surface area is 176 Å². The van der Waals surface area contributed by atoms with Crippen LogP contribution < -0.4 is 10.2 Å². The standard InChI is InChI=1S/C26H34N2O/c1-4-27-25-13-9-21(10-14-25)17-23-7-8-24(20-29-19-23)18-22-11-15-26(16-12-22)28(5-2)6-3/h9-18,27H,4-8,19-20H2,1-3H3/b23-17-,24-18-. The number of benzene rings is 2. The van der Waals surface area contributed by atoms with Gasteiger partial charge in [-0.2, -0.15) is 0 Å². The Hall–Kier alpha value is -2.52. The fraction of sp³-hybridized carbons (Fsp3) is 0.385. The van der Waals surface area contributed by atoms with Crippen molar-refractivity contribution >= 4 is 23.5 Å². The minimum absolute atomic E-state index is 0.715. The molecule has 154 valence electrons. The SMILES string of the molecule is CCNc1ccc(/C=C2/CC/C(=C/c3ccc(N(CC)CC)cc3)COC2)cc1. The van der Waals surface area contributed by atoms with Crippen LogP contribution in [0, 0.1) is 0 Å². The predicted octanol–water partition coefficient (Wildman–Crippen LogP) is 6.24. The van der Waals surface area contributed by atoms with Crippen molar-refractivity contribution in [2.24, 2.45) is 0 Å². The summed E-state index contributed by atoms with van der Waals surface area (Å²) in [6.45, 7) is 11.0. The fourth-order valence-electron chi connectivity index (χ4n) is 3.75. The van der Waals surface area contributed by atoms with Crippen molar-refractivity contribution in [1.82, 2.24) is 0 Å². The maximum absolute atomic E-state index is 5.97. The highest BCUT2D eigenvalue weighted by molar-refractivity contribution is 5.60. The zero-order valence-corrected chi connectivity index (χ0v) is 18.1. The second-order valence-electron chi connectivity index (χ2n) is 7.51. The Kier molecular flexibility index (Phi) is 7.94. The number of nitrogens with zero attached hydrogens (tertiary/aromatic N) is 1. The smallest absolute Gasteiger partial charge is 0.0684 e. The molecule has 1 aliphatic heterocycles. The minimum Gasteiger partial charge on any atom is -0.385 e. The zero-order valence-electron chi connectivity index (χ0n) is 18.1. The van der Waals surface area contributed by atoms with E-state index >= 15 is 0 Å². The third kappa shape index (κ3) is 6.23. The van der Waals surface area contributed by atoms with E-state index in [2.05, 4.69) is 91.7 Å². The number of hydrogen-bond donors (Lipinski definition) is 1. The first kappa shape index (κ1) is 21.2. The van der Waals surface area contributed by atoms with Crippen LogP contribution in [0.5, 0.6) is 0 Å². The summed E-state index contributed by atoms with van der Waals surface area (Å²) in [5.74, 6) is 0. The van der Waals surface area contributed by atoms with Gasteiger partial charge < -0.3 is 15.0 Å². The Morgan fingerprint density at radius 1 is 0.793 bits per heavy atom. The van der Waals surface area contributed by atoms with Crippen molar-refractivity contribution in [3.63, 3.8) is 0 Å². The van der Waals surface area contributed by atoms with Crippen molar-refractivity contribution in [2.75, 3.05) is 43.1 Å². The molecular formula is C26H34N2O. The van der Waals surface area contributed by atoms with Crippen molar-refractivity contribution in [3.8, 4) is 0 Å².